The van der Waals surface area contributed by atoms with Crippen LogP contribution in [0.3, 0.4) is 0 Å². The van der Waals surface area contributed by atoms with Gasteiger partial charge in [-0.25, -0.2) is 0 Å². The van der Waals surface area contributed by atoms with Crippen molar-refractivity contribution >= 4 is 38.2 Å². The van der Waals surface area contributed by atoms with Crippen molar-refractivity contribution in [1.29, 1.82) is 0 Å². The molecule has 0 aliphatic heterocycles. The van der Waals surface area contributed by atoms with Crippen LogP contribution >= 0.6 is 27.3 Å². The van der Waals surface area contributed by atoms with E-state index in [0.717, 1.165) is 5.52 Å². The van der Waals surface area contributed by atoms with E-state index in [0.29, 0.717) is 0 Å². The van der Waals surface area contributed by atoms with Gasteiger partial charge in [-0.3, -0.25) is 4.98 Å². The van der Waals surface area contributed by atoms with E-state index in [1.807, 2.05) is 31.4 Å². The Morgan fingerprint density at radius 1 is 1.25 bits per heavy atom. The predicted octanol–water partition coefficient (Wildman–Crippen LogP) is 4.68. The average molecular weight is 347 g/mol. The van der Waals surface area contributed by atoms with Crippen LogP contribution in [0.5, 0.6) is 0 Å². The number of hydrogen-bond donors (Lipinski definition) is 1. The van der Waals surface area contributed by atoms with Gasteiger partial charge in [0.2, 0.25) is 0 Å². The van der Waals surface area contributed by atoms with Crippen LogP contribution in [0.25, 0.3) is 10.9 Å². The van der Waals surface area contributed by atoms with Crippen LogP contribution in [0.2, 0.25) is 0 Å². The number of fused-ring (bicyclic) bond motifs is 1. The van der Waals surface area contributed by atoms with Gasteiger partial charge in [0.25, 0.3) is 0 Å². The van der Waals surface area contributed by atoms with Crippen LogP contribution in [-0.4, -0.2) is 12.0 Å². The first-order valence-corrected chi connectivity index (χ1v) is 8.08. The number of hydrogen-bond acceptors (Lipinski definition) is 3. The molecule has 0 aliphatic rings. The summed E-state index contributed by atoms with van der Waals surface area (Å²) in [6.45, 7) is 2.12. The summed E-state index contributed by atoms with van der Waals surface area (Å²) >= 11 is 5.37. The summed E-state index contributed by atoms with van der Waals surface area (Å²) in [4.78, 5) is 5.86. The minimum absolute atomic E-state index is 0.183. The second-order valence-electron chi connectivity index (χ2n) is 4.79. The lowest BCUT2D eigenvalue weighted by Crippen LogP contribution is -2.16. The number of aryl methyl sites for hydroxylation is 1. The second-order valence-corrected chi connectivity index (χ2v) is 7.19. The predicted molar refractivity (Wildman–Crippen MR) is 89.4 cm³/mol. The highest BCUT2D eigenvalue weighted by molar-refractivity contribution is 9.11. The summed E-state index contributed by atoms with van der Waals surface area (Å²) in [7, 11) is 1.99. The number of rotatable bonds is 3. The number of thiophene rings is 1. The molecule has 2 heterocycles. The third-order valence-electron chi connectivity index (χ3n) is 3.39. The summed E-state index contributed by atoms with van der Waals surface area (Å²) < 4.78 is 1.20. The third-order valence-corrected chi connectivity index (χ3v) is 5.60. The van der Waals surface area contributed by atoms with Gasteiger partial charge in [-0.15, -0.1) is 11.3 Å². The van der Waals surface area contributed by atoms with Gasteiger partial charge >= 0.3 is 0 Å². The number of nitrogens with zero attached hydrogens (tertiary/aromatic N) is 1. The Hall–Kier alpha value is -1.23. The van der Waals surface area contributed by atoms with E-state index in [1.165, 1.54) is 25.2 Å². The highest BCUT2D eigenvalue weighted by Crippen LogP contribution is 2.34. The number of benzene rings is 1. The standard InChI is InChI=1S/C16H15BrN2S/c1-10-7-14(20-16(10)17)15(18-2)12-8-11-5-3-4-6-13(11)19-9-12/h3-9,15,18H,1-2H3. The molecular weight excluding hydrogens is 332 g/mol. The smallest absolute Gasteiger partial charge is 0.0731 e. The molecule has 0 spiro atoms. The summed E-state index contributed by atoms with van der Waals surface area (Å²) in [5, 5.41) is 4.57. The third kappa shape index (κ3) is 2.51. The fraction of sp³-hybridized carbons (Fsp3) is 0.188. The van der Waals surface area contributed by atoms with Crippen molar-refractivity contribution in [3.63, 3.8) is 0 Å². The van der Waals surface area contributed by atoms with E-state index in [1.54, 1.807) is 11.3 Å². The van der Waals surface area contributed by atoms with Crippen LogP contribution < -0.4 is 5.32 Å². The highest BCUT2D eigenvalue weighted by Gasteiger charge is 2.16. The van der Waals surface area contributed by atoms with Gasteiger partial charge in [0.15, 0.2) is 0 Å². The lowest BCUT2D eigenvalue weighted by Gasteiger charge is -2.15. The first-order valence-electron chi connectivity index (χ1n) is 6.47. The average Bonchev–Trinajstić information content (AvgIpc) is 2.79. The van der Waals surface area contributed by atoms with Gasteiger partial charge in [-0.05, 0) is 59.2 Å². The van der Waals surface area contributed by atoms with Gasteiger partial charge in [0.05, 0.1) is 15.3 Å². The van der Waals surface area contributed by atoms with Crippen LogP contribution in [0.4, 0.5) is 0 Å². The first-order chi connectivity index (χ1) is 9.69. The number of para-hydroxylation sites is 1. The Bertz CT molecular complexity index is 732. The van der Waals surface area contributed by atoms with E-state index in [-0.39, 0.29) is 6.04 Å². The molecule has 0 radical (unpaired) electrons. The lowest BCUT2D eigenvalue weighted by atomic mass is 10.0. The molecule has 3 rings (SSSR count). The van der Waals surface area contributed by atoms with Gasteiger partial charge in [0, 0.05) is 16.5 Å². The largest absolute Gasteiger partial charge is 0.309 e. The molecule has 1 atom stereocenters. The Balaban J connectivity index is 2.06. The topological polar surface area (TPSA) is 24.9 Å². The number of halogens is 1. The van der Waals surface area contributed by atoms with Crippen molar-refractivity contribution in [3.8, 4) is 0 Å². The Labute approximate surface area is 131 Å². The molecule has 0 aliphatic carbocycles. The van der Waals surface area contributed by atoms with Gasteiger partial charge < -0.3 is 5.32 Å². The monoisotopic (exact) mass is 346 g/mol. The maximum atomic E-state index is 4.56. The molecule has 3 aromatic rings. The summed E-state index contributed by atoms with van der Waals surface area (Å²) in [5.41, 5.74) is 3.51. The molecule has 102 valence electrons. The molecule has 0 fully saturated rings. The van der Waals surface area contributed by atoms with Gasteiger partial charge in [0.1, 0.15) is 0 Å². The van der Waals surface area contributed by atoms with Gasteiger partial charge in [-0.2, -0.15) is 0 Å². The maximum absolute atomic E-state index is 4.56. The van der Waals surface area contributed by atoms with Crippen LogP contribution in [0, 0.1) is 6.92 Å². The molecule has 4 heteroatoms. The van der Waals surface area contributed by atoms with Crippen molar-refractivity contribution in [2.45, 2.75) is 13.0 Å². The zero-order chi connectivity index (χ0) is 14.1. The molecule has 0 saturated carbocycles. The molecule has 1 unspecified atom stereocenters. The summed E-state index contributed by atoms with van der Waals surface area (Å²) in [6.07, 6.45) is 1.96. The Morgan fingerprint density at radius 3 is 2.75 bits per heavy atom. The number of nitrogens with one attached hydrogen (secondary N) is 1. The maximum Gasteiger partial charge on any atom is 0.0731 e. The molecule has 0 bridgehead atoms. The molecule has 1 N–H and O–H groups in total. The zero-order valence-corrected chi connectivity index (χ0v) is 13.8. The Kier molecular flexibility index (Phi) is 3.87. The first kappa shape index (κ1) is 13.7. The summed E-state index contributed by atoms with van der Waals surface area (Å²) in [5.74, 6) is 0. The molecular formula is C16H15BrN2S. The zero-order valence-electron chi connectivity index (χ0n) is 11.4. The van der Waals surface area contributed by atoms with E-state index < -0.39 is 0 Å². The van der Waals surface area contributed by atoms with Crippen molar-refractivity contribution in [2.75, 3.05) is 7.05 Å². The molecule has 20 heavy (non-hydrogen) atoms. The Morgan fingerprint density at radius 2 is 2.05 bits per heavy atom. The molecule has 0 saturated heterocycles. The highest BCUT2D eigenvalue weighted by atomic mass is 79.9. The SMILES string of the molecule is CNC(c1cnc2ccccc2c1)c1cc(C)c(Br)s1. The molecule has 0 amide bonds. The van der Waals surface area contributed by atoms with E-state index >= 15 is 0 Å². The van der Waals surface area contributed by atoms with Crippen molar-refractivity contribution in [1.82, 2.24) is 10.3 Å². The quantitative estimate of drug-likeness (QED) is 0.744. The van der Waals surface area contributed by atoms with Gasteiger partial charge in [-0.1, -0.05) is 18.2 Å². The molecule has 1 aromatic carbocycles. The van der Waals surface area contributed by atoms with E-state index in [2.05, 4.69) is 51.4 Å². The van der Waals surface area contributed by atoms with Crippen LogP contribution in [0.1, 0.15) is 22.0 Å². The van der Waals surface area contributed by atoms with E-state index in [4.69, 9.17) is 0 Å². The molecule has 2 nitrogen and oxygen atoms in total. The number of pyridine rings is 1. The lowest BCUT2D eigenvalue weighted by molar-refractivity contribution is 0.702. The fourth-order valence-electron chi connectivity index (χ4n) is 2.34. The fourth-order valence-corrected chi connectivity index (χ4v) is 4.05. The van der Waals surface area contributed by atoms with E-state index in [9.17, 15) is 0 Å². The minimum Gasteiger partial charge on any atom is -0.309 e. The normalized spacial score (nSPS) is 12.8. The summed E-state index contributed by atoms with van der Waals surface area (Å²) in [6, 6.07) is 12.8. The second kappa shape index (κ2) is 5.64. The minimum atomic E-state index is 0.183. The number of aromatic nitrogens is 1. The van der Waals surface area contributed by atoms with Crippen LogP contribution in [0.15, 0.2) is 46.4 Å². The van der Waals surface area contributed by atoms with Crippen molar-refractivity contribution in [3.05, 3.63) is 62.4 Å². The van der Waals surface area contributed by atoms with Crippen LogP contribution in [-0.2, 0) is 0 Å². The molecule has 2 aromatic heterocycles. The van der Waals surface area contributed by atoms with Crippen molar-refractivity contribution in [2.24, 2.45) is 0 Å². The van der Waals surface area contributed by atoms with Crippen molar-refractivity contribution < 1.29 is 0 Å².